The van der Waals surface area contributed by atoms with E-state index >= 15 is 0 Å². The summed E-state index contributed by atoms with van der Waals surface area (Å²) in [6.45, 7) is 4.51. The van der Waals surface area contributed by atoms with Gasteiger partial charge in [-0.05, 0) is 0 Å². The molecule has 0 aliphatic heterocycles. The zero-order valence-corrected chi connectivity index (χ0v) is 30.8. The van der Waals surface area contributed by atoms with E-state index in [-0.39, 0.29) is 11.9 Å². The van der Waals surface area contributed by atoms with Crippen molar-refractivity contribution in [3.05, 3.63) is 0 Å². The van der Waals surface area contributed by atoms with Gasteiger partial charge in [0.2, 0.25) is 0 Å². The molecule has 0 aliphatic rings. The predicted molar refractivity (Wildman–Crippen MR) is 177 cm³/mol. The van der Waals surface area contributed by atoms with Crippen LogP contribution in [0.15, 0.2) is 0 Å². The zero-order chi connectivity index (χ0) is 29.2. The van der Waals surface area contributed by atoms with E-state index in [1.54, 1.807) is 0 Å². The molecule has 4 nitrogen and oxygen atoms in total. The normalized spacial score (nSPS) is 13.3. The van der Waals surface area contributed by atoms with E-state index in [9.17, 15) is 9.59 Å². The van der Waals surface area contributed by atoms with Gasteiger partial charge in [0.05, 0.1) is 0 Å². The Morgan fingerprint density at radius 3 is 0.974 bits per heavy atom. The number of rotatable bonds is 28. The minimum Gasteiger partial charge on any atom is -0.0654 e. The maximum atomic E-state index is 12.6. The topological polar surface area (TPSA) is 52.6 Å². The zero-order valence-electron chi connectivity index (χ0n) is 26.2. The Morgan fingerprint density at radius 1 is 0.487 bits per heavy atom. The van der Waals surface area contributed by atoms with Gasteiger partial charge < -0.3 is 0 Å². The molecule has 0 heterocycles. The Labute approximate surface area is 259 Å². The minimum absolute atomic E-state index is 0.333. The maximum absolute atomic E-state index is 12.6. The van der Waals surface area contributed by atoms with E-state index in [0.29, 0.717) is 12.8 Å². The van der Waals surface area contributed by atoms with Crippen molar-refractivity contribution in [2.45, 2.75) is 188 Å². The predicted octanol–water partition coefficient (Wildman–Crippen LogP) is 10.8. The van der Waals surface area contributed by atoms with Crippen LogP contribution in [0.5, 0.6) is 0 Å². The van der Waals surface area contributed by atoms with E-state index in [2.05, 4.69) is 39.1 Å². The van der Waals surface area contributed by atoms with Crippen LogP contribution >= 0.6 is 25.3 Å². The van der Waals surface area contributed by atoms with Gasteiger partial charge in [0.15, 0.2) is 0 Å². The molecule has 0 radical (unpaired) electrons. The fourth-order valence-corrected chi connectivity index (χ4v) is 9.61. The Kier molecular flexibility index (Phi) is 27.6. The Morgan fingerprint density at radius 2 is 0.718 bits per heavy atom. The molecule has 0 aromatic carbocycles. The van der Waals surface area contributed by atoms with Crippen molar-refractivity contribution in [1.29, 1.82) is 0 Å². The van der Waals surface area contributed by atoms with Crippen LogP contribution in [0.1, 0.15) is 168 Å². The number of hydrogen-bond acceptors (Lipinski definition) is 6. The summed E-state index contributed by atoms with van der Waals surface area (Å²) >= 11 is 5.22. The third kappa shape index (κ3) is 25.8. The van der Waals surface area contributed by atoms with Crippen molar-refractivity contribution < 1.29 is 15.7 Å². The summed E-state index contributed by atoms with van der Waals surface area (Å²) in [6, 6.07) is 0. The van der Waals surface area contributed by atoms with Gasteiger partial charge in [0, 0.05) is 0 Å². The van der Waals surface area contributed by atoms with Crippen LogP contribution in [-0.2, 0) is 15.7 Å². The fourth-order valence-electron chi connectivity index (χ4n) is 4.88. The van der Waals surface area contributed by atoms with Crippen LogP contribution in [0.2, 0.25) is 9.88 Å². The standard InChI is InChI=1S/2C15H30O2S.2CH3.Sn/c2*1-2-3-4-5-6-7-8-9-10-11-12-13-14(18)15(16)17;;;/h2*14,18H,2-13H2,1H3,(H,16,17);2*1H3;/q;;;;+2/p-2. The molecule has 0 rings (SSSR count). The molecule has 0 spiro atoms. The smallest absolute Gasteiger partial charge is 0.0654 e. The summed E-state index contributed by atoms with van der Waals surface area (Å²) in [6.07, 6.45) is 29.5. The van der Waals surface area contributed by atoms with Crippen LogP contribution in [0.4, 0.5) is 0 Å². The van der Waals surface area contributed by atoms with Crippen molar-refractivity contribution in [1.82, 2.24) is 0 Å². The van der Waals surface area contributed by atoms with Gasteiger partial charge >= 0.3 is 208 Å². The molecule has 0 aromatic heterocycles. The second-order valence-corrected chi connectivity index (χ2v) is 22.3. The third-order valence-electron chi connectivity index (χ3n) is 7.40. The number of carbonyl (C=O) groups excluding carboxylic acids is 2. The SMILES string of the molecule is CCCCCCCCCCCCCC(S)C(=O)[O][Sn]([CH3])([CH3])[O]C(=O)C(S)CCCCCCCCCCCCC. The molecule has 2 atom stereocenters. The summed E-state index contributed by atoms with van der Waals surface area (Å²) in [7, 11) is 0. The van der Waals surface area contributed by atoms with E-state index in [0.717, 1.165) is 25.7 Å². The molecule has 0 fully saturated rings. The van der Waals surface area contributed by atoms with Crippen LogP contribution < -0.4 is 0 Å². The average Bonchev–Trinajstić information content (AvgIpc) is 2.89. The van der Waals surface area contributed by atoms with Crippen molar-refractivity contribution in [2.75, 3.05) is 0 Å². The van der Waals surface area contributed by atoms with Crippen LogP contribution in [0.25, 0.3) is 0 Å². The van der Waals surface area contributed by atoms with E-state index in [1.165, 1.54) is 116 Å². The second kappa shape index (κ2) is 27.3. The molecule has 0 aromatic rings. The first-order valence-electron chi connectivity index (χ1n) is 16.5. The van der Waals surface area contributed by atoms with Crippen molar-refractivity contribution in [3.63, 3.8) is 0 Å². The van der Waals surface area contributed by atoms with Gasteiger partial charge in [-0.2, -0.15) is 0 Å². The summed E-state index contributed by atoms with van der Waals surface area (Å²) in [4.78, 5) is 28.7. The van der Waals surface area contributed by atoms with Gasteiger partial charge in [0.25, 0.3) is 0 Å². The minimum atomic E-state index is -3.73. The monoisotopic (exact) mass is 696 g/mol. The number of carbonyl (C=O) groups is 2. The first kappa shape index (κ1) is 39.4. The average molecular weight is 696 g/mol. The van der Waals surface area contributed by atoms with E-state index < -0.39 is 29.7 Å². The molecule has 0 N–H and O–H groups in total. The Bertz CT molecular complexity index is 541. The van der Waals surface area contributed by atoms with Crippen molar-refractivity contribution in [2.24, 2.45) is 0 Å². The molecule has 0 amide bonds. The molecule has 39 heavy (non-hydrogen) atoms. The van der Waals surface area contributed by atoms with Gasteiger partial charge in [0.1, 0.15) is 0 Å². The van der Waals surface area contributed by atoms with Crippen molar-refractivity contribution in [3.8, 4) is 0 Å². The quantitative estimate of drug-likeness (QED) is 0.0486. The summed E-state index contributed by atoms with van der Waals surface area (Å²) in [5.74, 6) is -0.666. The number of unbranched alkanes of at least 4 members (excludes halogenated alkanes) is 20. The summed E-state index contributed by atoms with van der Waals surface area (Å²) in [5, 5.41) is -0.886. The molecular formula is C32H64O4S2Sn. The van der Waals surface area contributed by atoms with Gasteiger partial charge in [-0.15, -0.1) is 0 Å². The Hall–Kier alpha value is 0.439. The van der Waals surface area contributed by atoms with Gasteiger partial charge in [-0.3, -0.25) is 0 Å². The Balaban J connectivity index is 3.87. The number of thiol groups is 2. The van der Waals surface area contributed by atoms with E-state index in [1.807, 2.05) is 9.88 Å². The summed E-state index contributed by atoms with van der Waals surface area (Å²) < 4.78 is 11.4. The van der Waals surface area contributed by atoms with Crippen molar-refractivity contribution >= 4 is 56.4 Å². The van der Waals surface area contributed by atoms with Gasteiger partial charge in [-0.25, -0.2) is 0 Å². The molecule has 0 aliphatic carbocycles. The molecule has 0 bridgehead atoms. The first-order chi connectivity index (χ1) is 18.7. The molecule has 0 saturated heterocycles. The third-order valence-corrected chi connectivity index (χ3v) is 12.3. The summed E-state index contributed by atoms with van der Waals surface area (Å²) in [5.41, 5.74) is 0. The molecular weight excluding hydrogens is 631 g/mol. The number of hydrogen-bond donors (Lipinski definition) is 2. The van der Waals surface area contributed by atoms with E-state index in [4.69, 9.17) is 6.15 Å². The molecule has 0 saturated carbocycles. The molecule has 2 unspecified atom stereocenters. The first-order valence-corrected chi connectivity index (χ1v) is 25.6. The van der Waals surface area contributed by atoms with Crippen LogP contribution in [-0.4, -0.2) is 41.6 Å². The van der Waals surface area contributed by atoms with Crippen LogP contribution in [0.3, 0.4) is 0 Å². The molecule has 7 heteroatoms. The second-order valence-electron chi connectivity index (χ2n) is 11.9. The van der Waals surface area contributed by atoms with Crippen LogP contribution in [0, 0.1) is 0 Å². The molecule has 232 valence electrons. The fraction of sp³-hybridized carbons (Fsp3) is 0.938. The van der Waals surface area contributed by atoms with Gasteiger partial charge in [-0.1, -0.05) is 52.4 Å².